The molecule has 0 saturated carbocycles. The molecule has 368 valence electrons. The highest BCUT2D eigenvalue weighted by Crippen LogP contribution is 2.42. The van der Waals surface area contributed by atoms with E-state index < -0.39 is 47.9 Å². The van der Waals surface area contributed by atoms with Gasteiger partial charge in [-0.25, -0.2) is 9.37 Å². The topological polar surface area (TPSA) is 297 Å². The molecule has 2 aromatic rings. The average Bonchev–Trinajstić information content (AvgIpc) is 3.29. The molecule has 1 unspecified atom stereocenters. The highest BCUT2D eigenvalue weighted by atomic mass is 16.4. The lowest BCUT2D eigenvalue weighted by Crippen LogP contribution is -2.49. The third-order valence-electron chi connectivity index (χ3n) is 11.5. The predicted molar refractivity (Wildman–Crippen MR) is 262 cm³/mol. The fraction of sp³-hybridized carbons (Fsp3) is 0.469. The van der Waals surface area contributed by atoms with Gasteiger partial charge in [-0.05, 0) is 101 Å². The molecule has 12 N–H and O–H groups in total. The minimum absolute atomic E-state index is 0.0319. The van der Waals surface area contributed by atoms with Crippen LogP contribution in [0.15, 0.2) is 59.0 Å². The maximum absolute atomic E-state index is 13.3. The fourth-order valence-corrected chi connectivity index (χ4v) is 7.45. The Morgan fingerprint density at radius 2 is 1.37 bits per heavy atom. The van der Waals surface area contributed by atoms with Crippen LogP contribution in [0.3, 0.4) is 0 Å². The molecule has 4 rings (SSSR count). The summed E-state index contributed by atoms with van der Waals surface area (Å²) in [4.78, 5) is 88.9. The molecule has 19 nitrogen and oxygen atoms in total. The largest absolute Gasteiger partial charge is 0.478 e. The lowest BCUT2D eigenvalue weighted by molar-refractivity contribution is -0.129. The Morgan fingerprint density at radius 1 is 0.721 bits per heavy atom. The van der Waals surface area contributed by atoms with Crippen molar-refractivity contribution in [2.45, 2.75) is 102 Å². The van der Waals surface area contributed by atoms with E-state index in [-0.39, 0.29) is 41.8 Å². The summed E-state index contributed by atoms with van der Waals surface area (Å²) in [6.07, 6.45) is 4.77. The number of primary amides is 1. The lowest BCUT2D eigenvalue weighted by Gasteiger charge is -2.19. The number of rotatable bonds is 26. The number of benzene rings is 3. The van der Waals surface area contributed by atoms with E-state index in [2.05, 4.69) is 26.6 Å². The summed E-state index contributed by atoms with van der Waals surface area (Å²) in [5.41, 5.74) is 20.7. The first-order valence-electron chi connectivity index (χ1n) is 23.1. The Hall–Kier alpha value is -6.86. The zero-order valence-corrected chi connectivity index (χ0v) is 40.0. The van der Waals surface area contributed by atoms with Crippen LogP contribution in [-0.2, 0) is 24.0 Å². The zero-order chi connectivity index (χ0) is 50.1. The Labute approximate surface area is 397 Å². The maximum Gasteiger partial charge on any atom is 0.336 e. The highest BCUT2D eigenvalue weighted by Gasteiger charge is 2.25. The first kappa shape index (κ1) is 53.8. The van der Waals surface area contributed by atoms with Crippen molar-refractivity contribution < 1.29 is 43.1 Å². The first-order valence-corrected chi connectivity index (χ1v) is 23.1. The van der Waals surface area contributed by atoms with Gasteiger partial charge >= 0.3 is 5.97 Å². The number of unbranched alkanes of at least 4 members (excludes halogenated alkanes) is 4. The van der Waals surface area contributed by atoms with E-state index in [4.69, 9.17) is 21.6 Å². The van der Waals surface area contributed by atoms with Gasteiger partial charge in [0.05, 0.1) is 23.7 Å². The van der Waals surface area contributed by atoms with Crippen molar-refractivity contribution in [3.8, 4) is 22.5 Å². The zero-order valence-electron chi connectivity index (χ0n) is 40.0. The molecule has 0 radical (unpaired) electrons. The molecule has 2 aliphatic rings. The Bertz CT molecular complexity index is 2480. The van der Waals surface area contributed by atoms with Crippen LogP contribution in [0.5, 0.6) is 0 Å². The van der Waals surface area contributed by atoms with Crippen molar-refractivity contribution in [1.29, 1.82) is 0 Å². The number of carboxylic acids is 1. The number of anilines is 1. The summed E-state index contributed by atoms with van der Waals surface area (Å²) in [6.45, 7) is 4.06. The normalized spacial score (nSPS) is 12.9. The molecule has 0 spiro atoms. The van der Waals surface area contributed by atoms with Gasteiger partial charge in [0.15, 0.2) is 0 Å². The number of carbonyl (C=O) groups excluding carboxylic acids is 6. The van der Waals surface area contributed by atoms with Gasteiger partial charge in [0, 0.05) is 80.0 Å². The molecule has 0 aromatic heterocycles. The predicted octanol–water partition coefficient (Wildman–Crippen LogP) is 2.01. The van der Waals surface area contributed by atoms with Gasteiger partial charge in [0.2, 0.25) is 34.9 Å². The quantitative estimate of drug-likeness (QED) is 0.0248. The van der Waals surface area contributed by atoms with Crippen LogP contribution in [0.25, 0.3) is 33.4 Å². The maximum atomic E-state index is 13.3. The molecule has 1 heterocycles. The molecule has 0 fully saturated rings. The molecule has 4 atom stereocenters. The van der Waals surface area contributed by atoms with Crippen LogP contribution in [0, 0.1) is 0 Å². The summed E-state index contributed by atoms with van der Waals surface area (Å²) >= 11 is 0. The Kier molecular flexibility index (Phi) is 20.5. The van der Waals surface area contributed by atoms with Gasteiger partial charge < -0.3 is 58.2 Å². The van der Waals surface area contributed by atoms with Crippen LogP contribution in [0.2, 0.25) is 0 Å². The number of hydrogen-bond donors (Lipinski definition) is 9. The Morgan fingerprint density at radius 3 is 2.01 bits per heavy atom. The van der Waals surface area contributed by atoms with Crippen molar-refractivity contribution in [2.24, 2.45) is 17.2 Å². The molecule has 19 heteroatoms. The first-order chi connectivity index (χ1) is 32.3. The monoisotopic (exact) mass is 942 g/mol. The fourth-order valence-electron chi connectivity index (χ4n) is 7.45. The van der Waals surface area contributed by atoms with E-state index in [1.54, 1.807) is 19.1 Å². The van der Waals surface area contributed by atoms with Crippen LogP contribution in [0.1, 0.15) is 98.8 Å². The number of fused-ring (bicyclic) bond motifs is 2. The van der Waals surface area contributed by atoms with Crippen molar-refractivity contribution in [2.75, 3.05) is 52.7 Å². The van der Waals surface area contributed by atoms with Gasteiger partial charge in [-0.1, -0.05) is 12.5 Å². The smallest absolute Gasteiger partial charge is 0.336 e. The number of carboxylic acid groups (broad SMARTS) is 1. The number of nitrogens with two attached hydrogens (primary N) is 3. The molecule has 1 aliphatic heterocycles. The van der Waals surface area contributed by atoms with Crippen LogP contribution in [-0.4, -0.2) is 119 Å². The minimum Gasteiger partial charge on any atom is -0.478 e. The minimum atomic E-state index is -1.18. The third-order valence-corrected chi connectivity index (χ3v) is 11.5. The van der Waals surface area contributed by atoms with E-state index in [0.29, 0.717) is 93.3 Å². The van der Waals surface area contributed by atoms with E-state index in [0.717, 1.165) is 22.0 Å². The van der Waals surface area contributed by atoms with E-state index >= 15 is 0 Å². The van der Waals surface area contributed by atoms with Gasteiger partial charge in [0.1, 0.15) is 37.5 Å². The number of hydrogen-bond acceptors (Lipinski definition) is 11. The second kappa shape index (κ2) is 25.9. The summed E-state index contributed by atoms with van der Waals surface area (Å²) in [6, 6.07) is 13.1. The number of nitrogens with one attached hydrogen (secondary N) is 5. The van der Waals surface area contributed by atoms with Gasteiger partial charge in [-0.2, -0.15) is 0 Å². The molecule has 0 saturated heterocycles. The summed E-state index contributed by atoms with van der Waals surface area (Å²) in [5, 5.41) is 25.6. The molecular formula is C49H69N10O9+. The number of carbonyl (C=O) groups is 7. The molecule has 0 bridgehead atoms. The lowest BCUT2D eigenvalue weighted by atomic mass is 9.89. The standard InChI is InChI=1S/C49H68N10O9/c1-29(50)45(62)56-30(2)46(63)53-23-11-7-8-16-42(60)57-39(44(52)61)15-10-13-25-55-48(65)38(51)14-9-12-24-54-47(64)31-17-20-34(37(26-31)49(66)67)43-35-21-18-32(58(3)4)27-40(35)68-41-28-33(59(5)6)19-22-36(41)43/h17-22,26-30,38-39H,7-16,23-25,50-51H2,1-6H3,(H7-,52,53,54,55,56,57,60,61,62,63,64,65,66,67)/p+1/t29-,30?,38-,39-/m0/s1. The van der Waals surface area contributed by atoms with Crippen LogP contribution in [0.4, 0.5) is 5.69 Å². The van der Waals surface area contributed by atoms with Crippen molar-refractivity contribution in [3.05, 3.63) is 71.1 Å². The molecular weight excluding hydrogens is 873 g/mol. The van der Waals surface area contributed by atoms with Crippen molar-refractivity contribution >= 4 is 58.1 Å². The van der Waals surface area contributed by atoms with Gasteiger partial charge in [-0.3, -0.25) is 28.8 Å². The average molecular weight is 942 g/mol. The molecule has 2 aromatic carbocycles. The number of amides is 6. The molecule has 1 aliphatic carbocycles. The van der Waals surface area contributed by atoms with Crippen molar-refractivity contribution in [3.63, 3.8) is 0 Å². The molecule has 68 heavy (non-hydrogen) atoms. The van der Waals surface area contributed by atoms with E-state index in [1.165, 1.54) is 13.0 Å². The number of aromatic carboxylic acids is 1. The van der Waals surface area contributed by atoms with Crippen LogP contribution < -0.4 is 58.6 Å². The van der Waals surface area contributed by atoms with Crippen LogP contribution >= 0.6 is 0 Å². The summed E-state index contributed by atoms with van der Waals surface area (Å²) in [5.74, 6) is -3.08. The summed E-state index contributed by atoms with van der Waals surface area (Å²) < 4.78 is 8.35. The second-order valence-electron chi connectivity index (χ2n) is 17.5. The van der Waals surface area contributed by atoms with E-state index in [9.17, 15) is 38.7 Å². The number of nitrogens with zero attached hydrogens (tertiary/aromatic N) is 2. The molecule has 6 amide bonds. The SMILES string of the molecule is CC(NC(=O)[C@H](C)N)C(=O)NCCCCCC(=O)N[C@@H](CCCCNC(=O)[C@@H](N)CCCCNC(=O)c1ccc(-c2c3ccc(=[N+](C)C)cc-3oc3cc(N(C)C)ccc23)c(C(=O)O)c1)C(N)=O. The van der Waals surface area contributed by atoms with Gasteiger partial charge in [-0.15, -0.1) is 0 Å². The van der Waals surface area contributed by atoms with E-state index in [1.807, 2.05) is 74.1 Å². The highest BCUT2D eigenvalue weighted by molar-refractivity contribution is 6.09. The summed E-state index contributed by atoms with van der Waals surface area (Å²) in [7, 11) is 7.71. The second-order valence-corrected chi connectivity index (χ2v) is 17.5. The van der Waals surface area contributed by atoms with Gasteiger partial charge in [0.25, 0.3) is 5.91 Å². The Balaban J connectivity index is 1.18. The third kappa shape index (κ3) is 15.6. The van der Waals surface area contributed by atoms with Crippen molar-refractivity contribution in [1.82, 2.24) is 31.2 Å².